The highest BCUT2D eigenvalue weighted by molar-refractivity contribution is 7.12. The molecule has 3 aromatic rings. The minimum absolute atomic E-state index is 0.190. The molecule has 0 bridgehead atoms. The van der Waals surface area contributed by atoms with Crippen molar-refractivity contribution in [3.8, 4) is 5.75 Å². The zero-order chi connectivity index (χ0) is 19.2. The molecule has 0 saturated carbocycles. The molecule has 5 nitrogen and oxygen atoms in total. The number of hydrogen-bond acceptors (Lipinski definition) is 4. The van der Waals surface area contributed by atoms with Gasteiger partial charge in [0.15, 0.2) is 0 Å². The third-order valence-electron chi connectivity index (χ3n) is 4.08. The fourth-order valence-corrected chi connectivity index (χ4v) is 3.34. The number of ether oxygens (including phenoxy) is 1. The van der Waals surface area contributed by atoms with Gasteiger partial charge in [0.25, 0.3) is 11.8 Å². The number of carbonyl (C=O) groups excluding carboxylic acids is 2. The van der Waals surface area contributed by atoms with Crippen molar-refractivity contribution in [2.24, 2.45) is 0 Å². The summed E-state index contributed by atoms with van der Waals surface area (Å²) in [5.41, 5.74) is 1.95. The number of nitrogens with one attached hydrogen (secondary N) is 2. The largest absolute Gasteiger partial charge is 0.496 e. The maximum atomic E-state index is 12.6. The summed E-state index contributed by atoms with van der Waals surface area (Å²) < 4.78 is 5.35. The molecule has 2 aromatic carbocycles. The van der Waals surface area contributed by atoms with E-state index in [2.05, 4.69) is 10.6 Å². The quantitative estimate of drug-likeness (QED) is 0.662. The first-order chi connectivity index (χ1) is 13.1. The van der Waals surface area contributed by atoms with E-state index in [0.717, 1.165) is 11.3 Å². The Balaban J connectivity index is 1.71. The number of anilines is 1. The highest BCUT2D eigenvalue weighted by atomic mass is 32.1. The Morgan fingerprint density at radius 1 is 1.00 bits per heavy atom. The standard InChI is InChI=1S/C21H20N2O3S/c1-14(17-9-3-4-10-18(17)26-2)22-20(24)15-7-5-8-16(13-15)23-21(25)19-11-6-12-27-19/h3-14H,1-2H3,(H,22,24)(H,23,25). The maximum absolute atomic E-state index is 12.6. The van der Waals surface area contributed by atoms with Crippen LogP contribution in [0.3, 0.4) is 0 Å². The number of benzene rings is 2. The molecule has 0 aliphatic rings. The van der Waals surface area contributed by atoms with Crippen LogP contribution in [0.25, 0.3) is 0 Å². The van der Waals surface area contributed by atoms with E-state index >= 15 is 0 Å². The van der Waals surface area contributed by atoms with Crippen molar-refractivity contribution in [2.45, 2.75) is 13.0 Å². The molecule has 2 N–H and O–H groups in total. The van der Waals surface area contributed by atoms with E-state index in [1.807, 2.05) is 42.6 Å². The van der Waals surface area contributed by atoms with Crippen LogP contribution in [-0.4, -0.2) is 18.9 Å². The summed E-state index contributed by atoms with van der Waals surface area (Å²) in [7, 11) is 1.60. The second kappa shape index (κ2) is 8.51. The third-order valence-corrected chi connectivity index (χ3v) is 4.95. The SMILES string of the molecule is COc1ccccc1C(C)NC(=O)c1cccc(NC(=O)c2cccs2)c1. The van der Waals surface area contributed by atoms with Crippen LogP contribution in [0.5, 0.6) is 5.75 Å². The van der Waals surface area contributed by atoms with Gasteiger partial charge in [0, 0.05) is 16.8 Å². The van der Waals surface area contributed by atoms with Crippen molar-refractivity contribution >= 4 is 28.8 Å². The topological polar surface area (TPSA) is 67.4 Å². The molecule has 1 atom stereocenters. The van der Waals surface area contributed by atoms with Crippen LogP contribution in [0.2, 0.25) is 0 Å². The number of amides is 2. The predicted octanol–water partition coefficient (Wildman–Crippen LogP) is 4.50. The smallest absolute Gasteiger partial charge is 0.265 e. The van der Waals surface area contributed by atoms with Gasteiger partial charge in [-0.25, -0.2) is 0 Å². The summed E-state index contributed by atoms with van der Waals surface area (Å²) in [4.78, 5) is 25.4. The second-order valence-electron chi connectivity index (χ2n) is 5.95. The van der Waals surface area contributed by atoms with Crippen molar-refractivity contribution in [3.63, 3.8) is 0 Å². The van der Waals surface area contributed by atoms with Gasteiger partial charge in [-0.2, -0.15) is 0 Å². The molecule has 1 heterocycles. The summed E-state index contributed by atoms with van der Waals surface area (Å²) >= 11 is 1.37. The molecule has 2 amide bonds. The lowest BCUT2D eigenvalue weighted by Gasteiger charge is -2.17. The Morgan fingerprint density at radius 2 is 1.81 bits per heavy atom. The molecule has 3 rings (SSSR count). The third kappa shape index (κ3) is 4.54. The van der Waals surface area contributed by atoms with E-state index in [1.165, 1.54) is 11.3 Å². The van der Waals surface area contributed by atoms with Crippen LogP contribution in [0.1, 0.15) is 38.6 Å². The molecule has 0 fully saturated rings. The van der Waals surface area contributed by atoms with E-state index in [-0.39, 0.29) is 17.9 Å². The van der Waals surface area contributed by atoms with Gasteiger partial charge in [0.2, 0.25) is 0 Å². The minimum atomic E-state index is -0.224. The Hall–Kier alpha value is -3.12. The van der Waals surface area contributed by atoms with Crippen LogP contribution in [-0.2, 0) is 0 Å². The van der Waals surface area contributed by atoms with Crippen molar-refractivity contribution in [1.82, 2.24) is 5.32 Å². The second-order valence-corrected chi connectivity index (χ2v) is 6.90. The lowest BCUT2D eigenvalue weighted by Crippen LogP contribution is -2.27. The molecule has 0 aliphatic carbocycles. The summed E-state index contributed by atoms with van der Waals surface area (Å²) in [6.45, 7) is 1.90. The molecule has 138 valence electrons. The van der Waals surface area contributed by atoms with Gasteiger partial charge in [-0.05, 0) is 42.6 Å². The maximum Gasteiger partial charge on any atom is 0.265 e. The minimum Gasteiger partial charge on any atom is -0.496 e. The molecule has 0 spiro atoms. The highest BCUT2D eigenvalue weighted by Gasteiger charge is 2.15. The summed E-state index contributed by atoms with van der Waals surface area (Å²) in [5.74, 6) is 0.313. The molecule has 27 heavy (non-hydrogen) atoms. The molecular weight excluding hydrogens is 360 g/mol. The zero-order valence-electron chi connectivity index (χ0n) is 15.1. The summed E-state index contributed by atoms with van der Waals surface area (Å²) in [5, 5.41) is 7.63. The van der Waals surface area contributed by atoms with Gasteiger partial charge in [-0.1, -0.05) is 30.3 Å². The Labute approximate surface area is 162 Å². The lowest BCUT2D eigenvalue weighted by atomic mass is 10.1. The van der Waals surface area contributed by atoms with Gasteiger partial charge >= 0.3 is 0 Å². The van der Waals surface area contributed by atoms with Gasteiger partial charge in [0.05, 0.1) is 18.0 Å². The van der Waals surface area contributed by atoms with Crippen LogP contribution >= 0.6 is 11.3 Å². The van der Waals surface area contributed by atoms with Gasteiger partial charge in [-0.15, -0.1) is 11.3 Å². The lowest BCUT2D eigenvalue weighted by molar-refractivity contribution is 0.0938. The summed E-state index contributed by atoms with van der Waals surface area (Å²) in [6.07, 6.45) is 0. The van der Waals surface area contributed by atoms with Crippen molar-refractivity contribution in [3.05, 3.63) is 82.0 Å². The van der Waals surface area contributed by atoms with Crippen LogP contribution < -0.4 is 15.4 Å². The molecule has 1 unspecified atom stereocenters. The Bertz CT molecular complexity index is 938. The van der Waals surface area contributed by atoms with E-state index < -0.39 is 0 Å². The first-order valence-corrected chi connectivity index (χ1v) is 9.35. The Kier molecular flexibility index (Phi) is 5.88. The first kappa shape index (κ1) is 18.7. The number of rotatable bonds is 6. The molecule has 1 aromatic heterocycles. The number of methoxy groups -OCH3 is 1. The number of hydrogen-bond donors (Lipinski definition) is 2. The Morgan fingerprint density at radius 3 is 2.56 bits per heavy atom. The average molecular weight is 380 g/mol. The van der Waals surface area contributed by atoms with E-state index in [0.29, 0.717) is 16.1 Å². The van der Waals surface area contributed by atoms with E-state index in [9.17, 15) is 9.59 Å². The van der Waals surface area contributed by atoms with E-state index in [1.54, 1.807) is 37.4 Å². The van der Waals surface area contributed by atoms with Gasteiger partial charge < -0.3 is 15.4 Å². The number of para-hydroxylation sites is 1. The molecule has 0 aliphatic heterocycles. The number of carbonyl (C=O) groups is 2. The predicted molar refractivity (Wildman–Crippen MR) is 108 cm³/mol. The molecule has 6 heteroatoms. The van der Waals surface area contributed by atoms with Gasteiger partial charge in [-0.3, -0.25) is 9.59 Å². The van der Waals surface area contributed by atoms with Crippen LogP contribution in [0.4, 0.5) is 5.69 Å². The fraction of sp³-hybridized carbons (Fsp3) is 0.143. The highest BCUT2D eigenvalue weighted by Crippen LogP contribution is 2.24. The molecule has 0 saturated heterocycles. The average Bonchev–Trinajstić information content (AvgIpc) is 3.23. The van der Waals surface area contributed by atoms with E-state index in [4.69, 9.17) is 4.74 Å². The molecule has 0 radical (unpaired) electrons. The van der Waals surface area contributed by atoms with Crippen molar-refractivity contribution in [1.29, 1.82) is 0 Å². The van der Waals surface area contributed by atoms with Crippen molar-refractivity contribution < 1.29 is 14.3 Å². The monoisotopic (exact) mass is 380 g/mol. The van der Waals surface area contributed by atoms with Gasteiger partial charge in [0.1, 0.15) is 5.75 Å². The number of thiophene rings is 1. The van der Waals surface area contributed by atoms with Crippen LogP contribution in [0.15, 0.2) is 66.0 Å². The fourth-order valence-electron chi connectivity index (χ4n) is 2.72. The van der Waals surface area contributed by atoms with Crippen LogP contribution in [0, 0.1) is 0 Å². The first-order valence-electron chi connectivity index (χ1n) is 8.47. The van der Waals surface area contributed by atoms with Crippen molar-refractivity contribution in [2.75, 3.05) is 12.4 Å². The normalized spacial score (nSPS) is 11.5. The molecular formula is C21H20N2O3S. The zero-order valence-corrected chi connectivity index (χ0v) is 15.9. The summed E-state index contributed by atoms with van der Waals surface area (Å²) in [6, 6.07) is 17.8.